The molecule has 0 spiro atoms. The summed E-state index contributed by atoms with van der Waals surface area (Å²) >= 11 is 1.06. The van der Waals surface area contributed by atoms with Gasteiger partial charge in [-0.05, 0) is 0 Å². The number of aromatic nitrogens is 1. The predicted octanol–water partition coefficient (Wildman–Crippen LogP) is -0.544. The molecule has 0 saturated carbocycles. The smallest absolute Gasteiger partial charge is 0.325 e. The van der Waals surface area contributed by atoms with Crippen LogP contribution in [0.2, 0.25) is 0 Å². The van der Waals surface area contributed by atoms with Crippen molar-refractivity contribution in [2.45, 2.75) is 19.1 Å². The van der Waals surface area contributed by atoms with Crippen LogP contribution in [0.4, 0.5) is 0 Å². The van der Waals surface area contributed by atoms with E-state index in [4.69, 9.17) is 4.84 Å². The Morgan fingerprint density at radius 1 is 1.61 bits per heavy atom. The molecule has 1 aliphatic heterocycles. The third-order valence-corrected chi connectivity index (χ3v) is 4.46. The van der Waals surface area contributed by atoms with Crippen LogP contribution in [-0.2, 0) is 32.3 Å². The first kappa shape index (κ1) is 17.6. The largest absolute Gasteiger partial charge is 0.468 e. The third kappa shape index (κ3) is 4.17. The van der Waals surface area contributed by atoms with Gasteiger partial charge in [-0.2, -0.15) is 5.48 Å². The maximum absolute atomic E-state index is 12.2. The summed E-state index contributed by atoms with van der Waals surface area (Å²) in [6, 6.07) is -0.286. The number of rotatable bonds is 8. The summed E-state index contributed by atoms with van der Waals surface area (Å²) in [5.41, 5.74) is 3.54. The van der Waals surface area contributed by atoms with Crippen molar-refractivity contribution in [3.05, 3.63) is 32.9 Å². The van der Waals surface area contributed by atoms with Crippen LogP contribution in [0.5, 0.6) is 0 Å². The van der Waals surface area contributed by atoms with Gasteiger partial charge >= 0.3 is 10.8 Å². The van der Waals surface area contributed by atoms with E-state index in [1.165, 1.54) is 19.1 Å². The van der Waals surface area contributed by atoms with Gasteiger partial charge in [0.1, 0.15) is 6.54 Å². The average Bonchev–Trinajstić information content (AvgIpc) is 2.84. The molecule has 1 atom stereocenters. The maximum Gasteiger partial charge on any atom is 0.325 e. The Kier molecular flexibility index (Phi) is 6.28. The topological polar surface area (TPSA) is 89.9 Å². The van der Waals surface area contributed by atoms with Gasteiger partial charge in [-0.25, -0.2) is 0 Å². The van der Waals surface area contributed by atoms with E-state index >= 15 is 0 Å². The lowest BCUT2D eigenvalue weighted by atomic mass is 9.90. The lowest BCUT2D eigenvalue weighted by Crippen LogP contribution is -2.42. The average molecular weight is 338 g/mol. The van der Waals surface area contributed by atoms with E-state index in [0.29, 0.717) is 31.6 Å². The number of hydrogen-bond acceptors (Lipinski definition) is 8. The van der Waals surface area contributed by atoms with Gasteiger partial charge in [0.2, 0.25) is 0 Å². The Morgan fingerprint density at radius 3 is 3.04 bits per heavy atom. The number of carbonyl (C=O) groups is 2. The number of ether oxygens (including phenoxy) is 1. The van der Waals surface area contributed by atoms with Crippen molar-refractivity contribution in [3.8, 4) is 0 Å². The minimum absolute atomic E-state index is 0.156. The van der Waals surface area contributed by atoms with Crippen LogP contribution >= 0.6 is 11.3 Å². The molecular formula is C13H17BN3O5S. The molecule has 2 heterocycles. The van der Waals surface area contributed by atoms with Crippen LogP contribution in [-0.4, -0.2) is 49.2 Å². The molecule has 0 aromatic carbocycles. The summed E-state index contributed by atoms with van der Waals surface area (Å²) in [5, 5.41) is 0. The second-order valence-corrected chi connectivity index (χ2v) is 5.82. The highest BCUT2D eigenvalue weighted by Crippen LogP contribution is 2.28. The number of hydroxylamine groups is 1. The number of nitrogens with one attached hydrogen (secondary N) is 1. The molecule has 0 saturated heterocycles. The summed E-state index contributed by atoms with van der Waals surface area (Å²) in [5.74, 6) is -0.503. The predicted molar refractivity (Wildman–Crippen MR) is 85.5 cm³/mol. The Morgan fingerprint density at radius 2 is 2.39 bits per heavy atom. The lowest BCUT2D eigenvalue weighted by molar-refractivity contribution is -0.141. The monoisotopic (exact) mass is 338 g/mol. The summed E-state index contributed by atoms with van der Waals surface area (Å²) in [6.07, 6.45) is 2.28. The Bertz CT molecular complexity index is 644. The standard InChI is InChI=1S/C13H17BN3O5S/c1-3-4-22-15-9-5-16(14-8-18)6-10-12(9)23-13(20)17(10)7-11(19)21-2/h3,8-9,15H,1,4-7H2,2H3. The number of hydrogen-bond donors (Lipinski definition) is 1. The summed E-state index contributed by atoms with van der Waals surface area (Å²) in [4.78, 5) is 42.0. The van der Waals surface area contributed by atoms with Crippen molar-refractivity contribution in [2.24, 2.45) is 0 Å². The molecule has 8 nitrogen and oxygen atoms in total. The molecule has 0 fully saturated rings. The van der Waals surface area contributed by atoms with Crippen molar-refractivity contribution in [1.29, 1.82) is 0 Å². The highest BCUT2D eigenvalue weighted by molar-refractivity contribution is 7.09. The second kappa shape index (κ2) is 8.20. The lowest BCUT2D eigenvalue weighted by Gasteiger charge is -2.31. The first-order valence-electron chi connectivity index (χ1n) is 6.90. The van der Waals surface area contributed by atoms with Crippen molar-refractivity contribution < 1.29 is 19.2 Å². The van der Waals surface area contributed by atoms with Gasteiger partial charge in [-0.15, -0.1) is 6.58 Å². The molecule has 2 rings (SSSR count). The summed E-state index contributed by atoms with van der Waals surface area (Å²) in [6.45, 7) is 4.55. The number of carbonyl (C=O) groups excluding carboxylic acids is 2. The molecule has 0 aliphatic carbocycles. The van der Waals surface area contributed by atoms with Crippen LogP contribution in [0.15, 0.2) is 17.4 Å². The molecule has 0 amide bonds. The highest BCUT2D eigenvalue weighted by atomic mass is 32.1. The van der Waals surface area contributed by atoms with Crippen molar-refractivity contribution >= 4 is 30.9 Å². The highest BCUT2D eigenvalue weighted by Gasteiger charge is 2.31. The second-order valence-electron chi connectivity index (χ2n) is 4.83. The van der Waals surface area contributed by atoms with Gasteiger partial charge in [-0.1, -0.05) is 17.4 Å². The van der Waals surface area contributed by atoms with Gasteiger partial charge in [0.15, 0.2) is 0 Å². The first-order valence-corrected chi connectivity index (χ1v) is 7.72. The van der Waals surface area contributed by atoms with Crippen LogP contribution < -0.4 is 10.4 Å². The molecule has 1 aromatic heterocycles. The quantitative estimate of drug-likeness (QED) is 0.170. The zero-order chi connectivity index (χ0) is 16.8. The van der Waals surface area contributed by atoms with E-state index in [9.17, 15) is 14.4 Å². The van der Waals surface area contributed by atoms with E-state index in [0.717, 1.165) is 16.2 Å². The number of methoxy groups -OCH3 is 1. The number of thiazole rings is 1. The molecule has 1 aromatic rings. The van der Waals surface area contributed by atoms with Crippen LogP contribution in [0.1, 0.15) is 16.6 Å². The summed E-state index contributed by atoms with van der Waals surface area (Å²) in [7, 11) is 2.67. The van der Waals surface area contributed by atoms with Crippen LogP contribution in [0.25, 0.3) is 0 Å². The number of fused-ring (bicyclic) bond motifs is 1. The Balaban J connectivity index is 2.30. The molecule has 123 valence electrons. The van der Waals surface area contributed by atoms with Crippen LogP contribution in [0.3, 0.4) is 0 Å². The van der Waals surface area contributed by atoms with E-state index in [2.05, 4.69) is 16.8 Å². The van der Waals surface area contributed by atoms with E-state index in [1.54, 1.807) is 10.9 Å². The fourth-order valence-electron chi connectivity index (χ4n) is 2.31. The Labute approximate surface area is 137 Å². The molecule has 1 unspecified atom stereocenters. The Hall–Kier alpha value is -1.75. The van der Waals surface area contributed by atoms with E-state index in [1.807, 2.05) is 0 Å². The first-order chi connectivity index (χ1) is 11.1. The summed E-state index contributed by atoms with van der Waals surface area (Å²) < 4.78 is 6.00. The molecule has 0 bridgehead atoms. The fraction of sp³-hybridized carbons (Fsp3) is 0.462. The van der Waals surface area contributed by atoms with Crippen molar-refractivity contribution in [1.82, 2.24) is 14.9 Å². The molecule has 10 heteroatoms. The molecular weight excluding hydrogens is 321 g/mol. The molecule has 1 aliphatic rings. The fourth-order valence-corrected chi connectivity index (χ4v) is 3.34. The van der Waals surface area contributed by atoms with Gasteiger partial charge < -0.3 is 14.3 Å². The van der Waals surface area contributed by atoms with Gasteiger partial charge in [0.05, 0.1) is 36.5 Å². The zero-order valence-corrected chi connectivity index (χ0v) is 13.5. The van der Waals surface area contributed by atoms with E-state index in [-0.39, 0.29) is 17.5 Å². The maximum atomic E-state index is 12.2. The molecule has 23 heavy (non-hydrogen) atoms. The van der Waals surface area contributed by atoms with Gasteiger partial charge in [0.25, 0.3) is 7.41 Å². The van der Waals surface area contributed by atoms with Crippen molar-refractivity contribution in [2.75, 3.05) is 20.3 Å². The van der Waals surface area contributed by atoms with Crippen molar-refractivity contribution in [3.63, 3.8) is 0 Å². The number of nitrogens with zero attached hydrogens (tertiary/aromatic N) is 2. The minimum Gasteiger partial charge on any atom is -0.468 e. The SMILES string of the molecule is C=CCONC1CN([B]C=O)Cc2c1sc(=O)n2CC(=O)OC. The van der Waals surface area contributed by atoms with Gasteiger partial charge in [0, 0.05) is 13.1 Å². The zero-order valence-electron chi connectivity index (χ0n) is 12.7. The van der Waals surface area contributed by atoms with Crippen LogP contribution in [0, 0.1) is 0 Å². The van der Waals surface area contributed by atoms with E-state index < -0.39 is 5.97 Å². The molecule has 1 radical (unpaired) electrons. The minimum atomic E-state index is -0.503. The normalized spacial score (nSPS) is 17.3. The van der Waals surface area contributed by atoms with Gasteiger partial charge in [-0.3, -0.25) is 19.0 Å². The molecule has 1 N–H and O–H groups in total. The third-order valence-electron chi connectivity index (χ3n) is 3.33. The number of esters is 1.